The van der Waals surface area contributed by atoms with E-state index in [1.54, 1.807) is 0 Å². The first-order valence-electron chi connectivity index (χ1n) is 5.24. The van der Waals surface area contributed by atoms with Crippen molar-refractivity contribution < 1.29 is 9.90 Å². The van der Waals surface area contributed by atoms with Gasteiger partial charge in [-0.15, -0.1) is 0 Å². The van der Waals surface area contributed by atoms with Crippen LogP contribution in [0, 0.1) is 0 Å². The van der Waals surface area contributed by atoms with E-state index in [0.29, 0.717) is 0 Å². The van der Waals surface area contributed by atoms with Crippen LogP contribution in [0.15, 0.2) is 24.3 Å². The average Bonchev–Trinajstić information content (AvgIpc) is 2.20. The van der Waals surface area contributed by atoms with Gasteiger partial charge in [-0.1, -0.05) is 18.6 Å². The fourth-order valence-electron chi connectivity index (χ4n) is 1.47. The minimum Gasteiger partial charge on any atom is -0.481 e. The quantitative estimate of drug-likeness (QED) is 0.556. The third kappa shape index (κ3) is 5.05. The Bertz CT molecular complexity index is 306. The van der Waals surface area contributed by atoms with Gasteiger partial charge in [0, 0.05) is 12.1 Å². The number of carbonyl (C=O) groups is 1. The lowest BCUT2D eigenvalue weighted by Crippen LogP contribution is -1.94. The number of benzene rings is 1. The van der Waals surface area contributed by atoms with Gasteiger partial charge in [-0.25, -0.2) is 0 Å². The molecule has 1 aromatic carbocycles. The molecule has 0 fully saturated rings. The summed E-state index contributed by atoms with van der Waals surface area (Å²) in [4.78, 5) is 10.3. The Kier molecular flexibility index (Phi) is 4.68. The molecule has 15 heavy (non-hydrogen) atoms. The zero-order valence-electron chi connectivity index (χ0n) is 8.78. The predicted octanol–water partition coefficient (Wildman–Crippen LogP) is 2.46. The summed E-state index contributed by atoms with van der Waals surface area (Å²) in [5.74, 6) is -0.706. The molecule has 0 aliphatic rings. The molecular weight excluding hydrogens is 190 g/mol. The smallest absolute Gasteiger partial charge is 0.303 e. The molecule has 0 aliphatic heterocycles. The van der Waals surface area contributed by atoms with Gasteiger partial charge in [0.1, 0.15) is 0 Å². The van der Waals surface area contributed by atoms with Crippen molar-refractivity contribution in [2.24, 2.45) is 0 Å². The van der Waals surface area contributed by atoms with E-state index in [4.69, 9.17) is 10.8 Å². The summed E-state index contributed by atoms with van der Waals surface area (Å²) in [6.45, 7) is 0. The third-order valence-electron chi connectivity index (χ3n) is 2.34. The molecule has 82 valence electrons. The molecule has 0 saturated heterocycles. The molecule has 0 amide bonds. The summed E-state index contributed by atoms with van der Waals surface area (Å²) >= 11 is 0. The molecule has 3 heteroatoms. The van der Waals surface area contributed by atoms with Crippen LogP contribution in [0.4, 0.5) is 5.69 Å². The molecule has 1 aromatic rings. The number of carboxylic acids is 1. The lowest BCUT2D eigenvalue weighted by atomic mass is 10.1. The Morgan fingerprint density at radius 1 is 1.13 bits per heavy atom. The summed E-state index contributed by atoms with van der Waals surface area (Å²) in [5, 5.41) is 8.45. The van der Waals surface area contributed by atoms with Crippen molar-refractivity contribution in [3.8, 4) is 0 Å². The lowest BCUT2D eigenvalue weighted by molar-refractivity contribution is -0.137. The number of rotatable bonds is 6. The minimum atomic E-state index is -0.706. The second-order valence-electron chi connectivity index (χ2n) is 3.70. The van der Waals surface area contributed by atoms with Crippen LogP contribution in [0.2, 0.25) is 0 Å². The van der Waals surface area contributed by atoms with Crippen molar-refractivity contribution >= 4 is 11.7 Å². The van der Waals surface area contributed by atoms with Gasteiger partial charge in [-0.05, 0) is 37.0 Å². The Labute approximate surface area is 89.9 Å². The lowest BCUT2D eigenvalue weighted by Gasteiger charge is -2.01. The van der Waals surface area contributed by atoms with E-state index in [1.165, 1.54) is 5.56 Å². The average molecular weight is 207 g/mol. The number of nitrogens with two attached hydrogens (primary N) is 1. The zero-order valence-corrected chi connectivity index (χ0v) is 8.78. The summed E-state index contributed by atoms with van der Waals surface area (Å²) in [5.41, 5.74) is 7.62. The minimum absolute atomic E-state index is 0.280. The van der Waals surface area contributed by atoms with Crippen LogP contribution >= 0.6 is 0 Å². The van der Waals surface area contributed by atoms with Crippen molar-refractivity contribution in [1.29, 1.82) is 0 Å². The van der Waals surface area contributed by atoms with Crippen LogP contribution in [-0.4, -0.2) is 11.1 Å². The van der Waals surface area contributed by atoms with Gasteiger partial charge >= 0.3 is 5.97 Å². The van der Waals surface area contributed by atoms with Crippen molar-refractivity contribution in [2.75, 3.05) is 5.73 Å². The topological polar surface area (TPSA) is 63.3 Å². The molecule has 0 heterocycles. The van der Waals surface area contributed by atoms with E-state index in [1.807, 2.05) is 24.3 Å². The van der Waals surface area contributed by atoms with E-state index < -0.39 is 5.97 Å². The normalized spacial score (nSPS) is 10.1. The van der Waals surface area contributed by atoms with Crippen LogP contribution in [0.1, 0.15) is 31.2 Å². The Morgan fingerprint density at radius 2 is 1.80 bits per heavy atom. The number of aryl methyl sites for hydroxylation is 1. The Morgan fingerprint density at radius 3 is 2.40 bits per heavy atom. The molecule has 3 nitrogen and oxygen atoms in total. The molecular formula is C12H17NO2. The molecule has 0 unspecified atom stereocenters. The fourth-order valence-corrected chi connectivity index (χ4v) is 1.47. The van der Waals surface area contributed by atoms with Gasteiger partial charge in [0.2, 0.25) is 0 Å². The number of unbranched alkanes of at least 4 members (excludes halogenated alkanes) is 2. The SMILES string of the molecule is Nc1ccc(CCCCCC(=O)O)cc1. The van der Waals surface area contributed by atoms with Crippen LogP contribution in [-0.2, 0) is 11.2 Å². The van der Waals surface area contributed by atoms with Gasteiger partial charge in [0.25, 0.3) is 0 Å². The number of carboxylic acid groups (broad SMARTS) is 1. The molecule has 0 bridgehead atoms. The number of aliphatic carboxylic acids is 1. The van der Waals surface area contributed by atoms with Gasteiger partial charge < -0.3 is 10.8 Å². The third-order valence-corrected chi connectivity index (χ3v) is 2.34. The highest BCUT2D eigenvalue weighted by atomic mass is 16.4. The first-order valence-corrected chi connectivity index (χ1v) is 5.24. The van der Waals surface area contributed by atoms with Crippen LogP contribution in [0.5, 0.6) is 0 Å². The second-order valence-corrected chi connectivity index (χ2v) is 3.70. The van der Waals surface area contributed by atoms with Crippen molar-refractivity contribution in [2.45, 2.75) is 32.1 Å². The maximum atomic E-state index is 10.3. The number of hydrogen-bond acceptors (Lipinski definition) is 2. The van der Waals surface area contributed by atoms with Crippen molar-refractivity contribution in [3.63, 3.8) is 0 Å². The Balaban J connectivity index is 2.15. The second kappa shape index (κ2) is 6.06. The van der Waals surface area contributed by atoms with Crippen molar-refractivity contribution in [3.05, 3.63) is 29.8 Å². The highest BCUT2D eigenvalue weighted by Crippen LogP contribution is 2.10. The van der Waals surface area contributed by atoms with Gasteiger partial charge in [-0.2, -0.15) is 0 Å². The molecule has 0 radical (unpaired) electrons. The van der Waals surface area contributed by atoms with Crippen LogP contribution in [0.25, 0.3) is 0 Å². The van der Waals surface area contributed by atoms with E-state index in [-0.39, 0.29) is 6.42 Å². The number of nitrogen functional groups attached to an aromatic ring is 1. The van der Waals surface area contributed by atoms with E-state index in [9.17, 15) is 4.79 Å². The summed E-state index contributed by atoms with van der Waals surface area (Å²) in [7, 11) is 0. The first kappa shape index (κ1) is 11.6. The summed E-state index contributed by atoms with van der Waals surface area (Å²) < 4.78 is 0. The van der Waals surface area contributed by atoms with Crippen molar-refractivity contribution in [1.82, 2.24) is 0 Å². The number of hydrogen-bond donors (Lipinski definition) is 2. The summed E-state index contributed by atoms with van der Waals surface area (Å²) in [6.07, 6.45) is 4.06. The monoisotopic (exact) mass is 207 g/mol. The Hall–Kier alpha value is -1.51. The molecule has 3 N–H and O–H groups in total. The molecule has 0 aliphatic carbocycles. The van der Waals surface area contributed by atoms with Gasteiger partial charge in [0.05, 0.1) is 0 Å². The zero-order chi connectivity index (χ0) is 11.1. The van der Waals surface area contributed by atoms with Gasteiger partial charge in [-0.3, -0.25) is 4.79 Å². The molecule has 1 rings (SSSR count). The van der Waals surface area contributed by atoms with E-state index in [0.717, 1.165) is 31.4 Å². The summed E-state index contributed by atoms with van der Waals surface area (Å²) in [6, 6.07) is 7.83. The van der Waals surface area contributed by atoms with E-state index in [2.05, 4.69) is 0 Å². The first-order chi connectivity index (χ1) is 7.18. The molecule has 0 aromatic heterocycles. The maximum Gasteiger partial charge on any atom is 0.303 e. The van der Waals surface area contributed by atoms with Crippen LogP contribution in [0.3, 0.4) is 0 Å². The highest BCUT2D eigenvalue weighted by molar-refractivity contribution is 5.66. The largest absolute Gasteiger partial charge is 0.481 e. The van der Waals surface area contributed by atoms with E-state index >= 15 is 0 Å². The highest BCUT2D eigenvalue weighted by Gasteiger charge is 1.97. The maximum absolute atomic E-state index is 10.3. The molecule has 0 saturated carbocycles. The van der Waals surface area contributed by atoms with Gasteiger partial charge in [0.15, 0.2) is 0 Å². The predicted molar refractivity (Wildman–Crippen MR) is 60.7 cm³/mol. The number of anilines is 1. The molecule has 0 spiro atoms. The fraction of sp³-hybridized carbons (Fsp3) is 0.417. The van der Waals surface area contributed by atoms with Crippen LogP contribution < -0.4 is 5.73 Å². The standard InChI is InChI=1S/C12H17NO2/c13-11-8-6-10(7-9-11)4-2-1-3-5-12(14)15/h6-9H,1-5,13H2,(H,14,15). The molecule has 0 atom stereocenters.